The Balaban J connectivity index is 3.02. The number of amides is 1. The second kappa shape index (κ2) is 7.46. The van der Waals surface area contributed by atoms with Crippen LogP contribution < -0.4 is 0 Å². The quantitative estimate of drug-likeness (QED) is 0.815. The van der Waals surface area contributed by atoms with Crippen LogP contribution in [-0.2, 0) is 0 Å². The zero-order valence-corrected chi connectivity index (χ0v) is 10.8. The Morgan fingerprint density at radius 2 is 2.17 bits per heavy atom. The summed E-state index contributed by atoms with van der Waals surface area (Å²) in [6.45, 7) is 5.24. The molecule has 18 heavy (non-hydrogen) atoms. The van der Waals surface area contributed by atoms with E-state index in [2.05, 4.69) is 16.8 Å². The summed E-state index contributed by atoms with van der Waals surface area (Å²) < 4.78 is 0. The lowest BCUT2D eigenvalue weighted by atomic mass is 10.1. The van der Waals surface area contributed by atoms with Crippen molar-refractivity contribution in [2.75, 3.05) is 19.7 Å². The molecule has 96 valence electrons. The van der Waals surface area contributed by atoms with Gasteiger partial charge in [-0.15, -0.1) is 0 Å². The highest BCUT2D eigenvalue weighted by Gasteiger charge is 2.15. The van der Waals surface area contributed by atoms with E-state index >= 15 is 0 Å². The van der Waals surface area contributed by atoms with Crippen molar-refractivity contribution in [1.29, 1.82) is 0 Å². The molecular formula is C14H18N2O2. The Kier molecular flexibility index (Phi) is 5.89. The van der Waals surface area contributed by atoms with Gasteiger partial charge in [0, 0.05) is 31.9 Å². The molecule has 1 amide bonds. The second-order valence-corrected chi connectivity index (χ2v) is 3.67. The third kappa shape index (κ3) is 3.57. The van der Waals surface area contributed by atoms with E-state index < -0.39 is 0 Å². The first-order valence-electron chi connectivity index (χ1n) is 6.07. The zero-order chi connectivity index (χ0) is 13.4. The van der Waals surface area contributed by atoms with E-state index in [1.54, 1.807) is 23.4 Å². The highest BCUT2D eigenvalue weighted by molar-refractivity contribution is 5.96. The van der Waals surface area contributed by atoms with Crippen molar-refractivity contribution in [3.05, 3.63) is 29.6 Å². The molecule has 1 aromatic rings. The number of hydrogen-bond donors (Lipinski definition) is 1. The van der Waals surface area contributed by atoms with Crippen molar-refractivity contribution in [2.24, 2.45) is 0 Å². The Morgan fingerprint density at radius 1 is 1.44 bits per heavy atom. The molecule has 1 rings (SSSR count). The standard InChI is InChI=1S/C14H18N2O2/c1-3-16(4-2)14(18)13-8-9-15-11-12(13)7-5-6-10-17/h8-9,11,17H,3-4,6,10H2,1-2H3. The van der Waals surface area contributed by atoms with Gasteiger partial charge >= 0.3 is 0 Å². The molecule has 0 fully saturated rings. The predicted molar refractivity (Wildman–Crippen MR) is 70.1 cm³/mol. The summed E-state index contributed by atoms with van der Waals surface area (Å²) in [7, 11) is 0. The summed E-state index contributed by atoms with van der Waals surface area (Å²) in [5.74, 6) is 5.66. The Bertz CT molecular complexity index is 456. The van der Waals surface area contributed by atoms with Crippen molar-refractivity contribution in [3.63, 3.8) is 0 Å². The van der Waals surface area contributed by atoms with Crippen LogP contribution >= 0.6 is 0 Å². The van der Waals surface area contributed by atoms with E-state index in [1.807, 2.05) is 13.8 Å². The minimum Gasteiger partial charge on any atom is -0.395 e. The van der Waals surface area contributed by atoms with Crippen molar-refractivity contribution >= 4 is 5.91 Å². The zero-order valence-electron chi connectivity index (χ0n) is 10.8. The summed E-state index contributed by atoms with van der Waals surface area (Å²) in [6.07, 6.45) is 3.57. The average Bonchev–Trinajstić information content (AvgIpc) is 2.41. The SMILES string of the molecule is CCN(CC)C(=O)c1ccncc1C#CCCO. The number of pyridine rings is 1. The highest BCUT2D eigenvalue weighted by atomic mass is 16.2. The number of aliphatic hydroxyl groups excluding tert-OH is 1. The molecule has 0 atom stereocenters. The van der Waals surface area contributed by atoms with Crippen LogP contribution in [0.3, 0.4) is 0 Å². The molecule has 4 nitrogen and oxygen atoms in total. The molecule has 0 spiro atoms. The van der Waals surface area contributed by atoms with E-state index in [1.165, 1.54) is 0 Å². The smallest absolute Gasteiger partial charge is 0.255 e. The molecule has 0 aromatic carbocycles. The number of carbonyl (C=O) groups is 1. The van der Waals surface area contributed by atoms with Crippen LogP contribution in [0.15, 0.2) is 18.5 Å². The van der Waals surface area contributed by atoms with Crippen molar-refractivity contribution < 1.29 is 9.90 Å². The van der Waals surface area contributed by atoms with Gasteiger partial charge in [-0.05, 0) is 19.9 Å². The molecule has 1 aromatic heterocycles. The van der Waals surface area contributed by atoms with Crippen LogP contribution in [0.5, 0.6) is 0 Å². The van der Waals surface area contributed by atoms with Gasteiger partial charge in [0.05, 0.1) is 17.7 Å². The largest absolute Gasteiger partial charge is 0.395 e. The van der Waals surface area contributed by atoms with Gasteiger partial charge in [0.2, 0.25) is 0 Å². The van der Waals surface area contributed by atoms with Gasteiger partial charge < -0.3 is 10.0 Å². The van der Waals surface area contributed by atoms with Crippen LogP contribution in [0, 0.1) is 11.8 Å². The molecular weight excluding hydrogens is 228 g/mol. The van der Waals surface area contributed by atoms with E-state index in [-0.39, 0.29) is 12.5 Å². The van der Waals surface area contributed by atoms with Crippen LogP contribution in [0.25, 0.3) is 0 Å². The average molecular weight is 246 g/mol. The van der Waals surface area contributed by atoms with Gasteiger partial charge in [-0.2, -0.15) is 0 Å². The third-order valence-electron chi connectivity index (χ3n) is 2.56. The summed E-state index contributed by atoms with van der Waals surface area (Å²) in [5.41, 5.74) is 1.18. The number of carbonyl (C=O) groups excluding carboxylic acids is 1. The molecule has 1 heterocycles. The van der Waals surface area contributed by atoms with Crippen molar-refractivity contribution in [3.8, 4) is 11.8 Å². The molecule has 1 N–H and O–H groups in total. The Labute approximate surface area is 108 Å². The van der Waals surface area contributed by atoms with Crippen molar-refractivity contribution in [2.45, 2.75) is 20.3 Å². The normalized spacial score (nSPS) is 9.50. The van der Waals surface area contributed by atoms with Gasteiger partial charge in [0.15, 0.2) is 0 Å². The summed E-state index contributed by atoms with van der Waals surface area (Å²) >= 11 is 0. The molecule has 0 aliphatic heterocycles. The molecule has 0 aliphatic carbocycles. The molecule has 0 saturated heterocycles. The van der Waals surface area contributed by atoms with Crippen molar-refractivity contribution in [1.82, 2.24) is 9.88 Å². The topological polar surface area (TPSA) is 53.4 Å². The van der Waals surface area contributed by atoms with Crippen LogP contribution in [0.1, 0.15) is 36.2 Å². The molecule has 0 radical (unpaired) electrons. The van der Waals surface area contributed by atoms with Crippen LogP contribution in [-0.4, -0.2) is 40.6 Å². The van der Waals surface area contributed by atoms with E-state index in [0.29, 0.717) is 30.6 Å². The van der Waals surface area contributed by atoms with Gasteiger partial charge in [0.1, 0.15) is 0 Å². The van der Waals surface area contributed by atoms with Gasteiger partial charge in [0.25, 0.3) is 5.91 Å². The maximum Gasteiger partial charge on any atom is 0.255 e. The highest BCUT2D eigenvalue weighted by Crippen LogP contribution is 2.09. The van der Waals surface area contributed by atoms with Gasteiger partial charge in [-0.1, -0.05) is 11.8 Å². The number of nitrogens with zero attached hydrogens (tertiary/aromatic N) is 2. The summed E-state index contributed by atoms with van der Waals surface area (Å²) in [4.78, 5) is 18.0. The minimum absolute atomic E-state index is 0.0204. The molecule has 0 bridgehead atoms. The molecule has 4 heteroatoms. The first kappa shape index (κ1) is 14.2. The Hall–Kier alpha value is -1.86. The predicted octanol–water partition coefficient (Wildman–Crippen LogP) is 1.30. The lowest BCUT2D eigenvalue weighted by Crippen LogP contribution is -2.31. The van der Waals surface area contributed by atoms with Gasteiger partial charge in [-0.3, -0.25) is 9.78 Å². The Morgan fingerprint density at radius 3 is 2.78 bits per heavy atom. The first-order chi connectivity index (χ1) is 8.74. The van der Waals surface area contributed by atoms with E-state index in [4.69, 9.17) is 5.11 Å². The number of aromatic nitrogens is 1. The lowest BCUT2D eigenvalue weighted by Gasteiger charge is -2.19. The van der Waals surface area contributed by atoms with E-state index in [0.717, 1.165) is 0 Å². The second-order valence-electron chi connectivity index (χ2n) is 3.67. The molecule has 0 unspecified atom stereocenters. The maximum absolute atomic E-state index is 12.2. The fourth-order valence-corrected chi connectivity index (χ4v) is 1.58. The molecule has 0 aliphatic rings. The lowest BCUT2D eigenvalue weighted by molar-refractivity contribution is 0.0772. The maximum atomic E-state index is 12.2. The van der Waals surface area contributed by atoms with Crippen LogP contribution in [0.2, 0.25) is 0 Å². The summed E-state index contributed by atoms with van der Waals surface area (Å²) in [5, 5.41) is 8.69. The minimum atomic E-state index is -0.0318. The number of rotatable bonds is 4. The fraction of sp³-hybridized carbons (Fsp3) is 0.429. The fourth-order valence-electron chi connectivity index (χ4n) is 1.58. The van der Waals surface area contributed by atoms with E-state index in [9.17, 15) is 4.79 Å². The summed E-state index contributed by atoms with van der Waals surface area (Å²) in [6, 6.07) is 1.68. The van der Waals surface area contributed by atoms with Crippen LogP contribution in [0.4, 0.5) is 0 Å². The molecule has 0 saturated carbocycles. The van der Waals surface area contributed by atoms with Gasteiger partial charge in [-0.25, -0.2) is 0 Å². The number of aliphatic hydroxyl groups is 1. The monoisotopic (exact) mass is 246 g/mol. The number of hydrogen-bond acceptors (Lipinski definition) is 3. The first-order valence-corrected chi connectivity index (χ1v) is 6.07. The third-order valence-corrected chi connectivity index (χ3v) is 2.56.